The van der Waals surface area contributed by atoms with E-state index in [1.807, 2.05) is 0 Å². The van der Waals surface area contributed by atoms with Crippen molar-refractivity contribution in [3.05, 3.63) is 47.5 Å². The third kappa shape index (κ3) is 2.71. The molecule has 2 aromatic rings. The van der Waals surface area contributed by atoms with Gasteiger partial charge in [0.15, 0.2) is 0 Å². The highest BCUT2D eigenvalue weighted by Gasteiger charge is 2.14. The average Bonchev–Trinajstić information content (AvgIpc) is 2.37. The minimum absolute atomic E-state index is 0.0688. The monoisotopic (exact) mass is 242 g/mol. The lowest BCUT2D eigenvalue weighted by molar-refractivity contribution is 0.444. The number of fused-ring (bicyclic) bond motifs is 1. The number of hydrogen-bond acceptors (Lipinski definition) is 2. The van der Waals surface area contributed by atoms with Crippen LogP contribution in [-0.2, 0) is 0 Å². The molecular weight excluding hydrogens is 220 g/mol. The first-order chi connectivity index (χ1) is 8.61. The summed E-state index contributed by atoms with van der Waals surface area (Å²) in [5.74, 6) is 0.415. The molecule has 0 aliphatic rings. The van der Waals surface area contributed by atoms with Crippen LogP contribution in [0.5, 0.6) is 0 Å². The molecule has 96 valence electrons. The van der Waals surface area contributed by atoms with Crippen LogP contribution in [0.3, 0.4) is 0 Å². The lowest BCUT2D eigenvalue weighted by Gasteiger charge is -2.20. The number of nitrogens with two attached hydrogens (primary N) is 2. The Morgan fingerprint density at radius 2 is 1.72 bits per heavy atom. The van der Waals surface area contributed by atoms with Crippen LogP contribution in [0, 0.1) is 12.8 Å². The minimum Gasteiger partial charge on any atom is -0.330 e. The maximum atomic E-state index is 6.29. The van der Waals surface area contributed by atoms with E-state index in [1.54, 1.807) is 0 Å². The summed E-state index contributed by atoms with van der Waals surface area (Å²) in [6, 6.07) is 13.1. The summed E-state index contributed by atoms with van der Waals surface area (Å²) < 4.78 is 0. The second-order valence-electron chi connectivity index (χ2n) is 5.19. The second kappa shape index (κ2) is 5.51. The van der Waals surface area contributed by atoms with Gasteiger partial charge in [-0.1, -0.05) is 42.8 Å². The Hall–Kier alpha value is -1.38. The highest BCUT2D eigenvalue weighted by Crippen LogP contribution is 2.25. The second-order valence-corrected chi connectivity index (χ2v) is 5.19. The van der Waals surface area contributed by atoms with Crippen molar-refractivity contribution in [3.8, 4) is 0 Å². The van der Waals surface area contributed by atoms with E-state index in [0.717, 1.165) is 6.42 Å². The quantitative estimate of drug-likeness (QED) is 0.865. The van der Waals surface area contributed by atoms with Gasteiger partial charge in [-0.15, -0.1) is 0 Å². The molecule has 2 rings (SSSR count). The molecule has 0 bridgehead atoms. The molecule has 0 radical (unpaired) electrons. The van der Waals surface area contributed by atoms with Crippen LogP contribution in [0.4, 0.5) is 0 Å². The van der Waals surface area contributed by atoms with Crippen LogP contribution < -0.4 is 11.5 Å². The van der Waals surface area contributed by atoms with Crippen LogP contribution in [0.1, 0.15) is 30.5 Å². The van der Waals surface area contributed by atoms with Crippen molar-refractivity contribution in [2.24, 2.45) is 17.4 Å². The zero-order chi connectivity index (χ0) is 13.1. The number of rotatable bonds is 4. The van der Waals surface area contributed by atoms with E-state index in [1.165, 1.54) is 21.9 Å². The molecule has 0 fully saturated rings. The Kier molecular flexibility index (Phi) is 4.00. The zero-order valence-electron chi connectivity index (χ0n) is 11.2. The molecular formula is C16H22N2. The van der Waals surface area contributed by atoms with Gasteiger partial charge in [-0.3, -0.25) is 0 Å². The topological polar surface area (TPSA) is 52.0 Å². The molecule has 0 spiro atoms. The number of benzene rings is 2. The molecule has 4 N–H and O–H groups in total. The molecule has 2 nitrogen and oxygen atoms in total. The predicted octanol–water partition coefficient (Wildman–Crippen LogP) is 3.13. The SMILES string of the molecule is Cc1ccc2cc(C(N)C(C)CCN)ccc2c1. The normalized spacial score (nSPS) is 14.7. The van der Waals surface area contributed by atoms with E-state index in [-0.39, 0.29) is 6.04 Å². The van der Waals surface area contributed by atoms with Crippen molar-refractivity contribution in [1.82, 2.24) is 0 Å². The van der Waals surface area contributed by atoms with Gasteiger partial charge < -0.3 is 11.5 Å². The van der Waals surface area contributed by atoms with Gasteiger partial charge in [-0.2, -0.15) is 0 Å². The molecule has 0 aromatic heterocycles. The predicted molar refractivity (Wildman–Crippen MR) is 78.4 cm³/mol. The maximum Gasteiger partial charge on any atom is 0.0321 e. The molecule has 0 aliphatic carbocycles. The van der Waals surface area contributed by atoms with Crippen molar-refractivity contribution >= 4 is 10.8 Å². The highest BCUT2D eigenvalue weighted by molar-refractivity contribution is 5.83. The summed E-state index contributed by atoms with van der Waals surface area (Å²) in [7, 11) is 0. The van der Waals surface area contributed by atoms with Crippen molar-refractivity contribution in [2.45, 2.75) is 26.3 Å². The van der Waals surface area contributed by atoms with Crippen molar-refractivity contribution in [2.75, 3.05) is 6.54 Å². The molecule has 0 saturated carbocycles. The van der Waals surface area contributed by atoms with Gasteiger partial charge in [-0.25, -0.2) is 0 Å². The minimum atomic E-state index is 0.0688. The fraction of sp³-hybridized carbons (Fsp3) is 0.375. The molecule has 2 aromatic carbocycles. The standard InChI is InChI=1S/C16H22N2/c1-11-3-4-14-10-15(6-5-13(14)9-11)16(18)12(2)7-8-17/h3-6,9-10,12,16H,7-8,17-18H2,1-2H3. The summed E-state index contributed by atoms with van der Waals surface area (Å²) in [4.78, 5) is 0. The van der Waals surface area contributed by atoms with E-state index in [2.05, 4.69) is 50.2 Å². The van der Waals surface area contributed by atoms with Crippen LogP contribution in [-0.4, -0.2) is 6.54 Å². The summed E-state index contributed by atoms with van der Waals surface area (Å²) in [5, 5.41) is 2.53. The Labute approximate surface area is 109 Å². The largest absolute Gasteiger partial charge is 0.330 e. The Morgan fingerprint density at radius 3 is 2.44 bits per heavy atom. The molecule has 2 atom stereocenters. The summed E-state index contributed by atoms with van der Waals surface area (Å²) in [6.07, 6.45) is 0.965. The summed E-state index contributed by atoms with van der Waals surface area (Å²) in [5.41, 5.74) is 14.4. The fourth-order valence-corrected chi connectivity index (χ4v) is 2.36. The average molecular weight is 242 g/mol. The van der Waals surface area contributed by atoms with Crippen molar-refractivity contribution in [1.29, 1.82) is 0 Å². The molecule has 0 aliphatic heterocycles. The van der Waals surface area contributed by atoms with Gasteiger partial charge in [0, 0.05) is 6.04 Å². The van der Waals surface area contributed by atoms with E-state index in [0.29, 0.717) is 12.5 Å². The van der Waals surface area contributed by atoms with Gasteiger partial charge in [0.25, 0.3) is 0 Å². The third-order valence-electron chi connectivity index (χ3n) is 3.64. The zero-order valence-corrected chi connectivity index (χ0v) is 11.2. The smallest absolute Gasteiger partial charge is 0.0321 e. The van der Waals surface area contributed by atoms with Gasteiger partial charge in [0.2, 0.25) is 0 Å². The Balaban J connectivity index is 2.32. The summed E-state index contributed by atoms with van der Waals surface area (Å²) >= 11 is 0. The third-order valence-corrected chi connectivity index (χ3v) is 3.64. The number of aryl methyl sites for hydroxylation is 1. The molecule has 0 amide bonds. The van der Waals surface area contributed by atoms with E-state index < -0.39 is 0 Å². The molecule has 0 saturated heterocycles. The van der Waals surface area contributed by atoms with Crippen LogP contribution in [0.15, 0.2) is 36.4 Å². The van der Waals surface area contributed by atoms with Gasteiger partial charge in [0.05, 0.1) is 0 Å². The van der Waals surface area contributed by atoms with Crippen LogP contribution in [0.2, 0.25) is 0 Å². The van der Waals surface area contributed by atoms with Gasteiger partial charge >= 0.3 is 0 Å². The molecule has 0 heterocycles. The first kappa shape index (κ1) is 13.1. The van der Waals surface area contributed by atoms with E-state index >= 15 is 0 Å². The van der Waals surface area contributed by atoms with Crippen LogP contribution in [0.25, 0.3) is 10.8 Å². The van der Waals surface area contributed by atoms with Gasteiger partial charge in [-0.05, 0) is 48.2 Å². The van der Waals surface area contributed by atoms with Crippen LogP contribution >= 0.6 is 0 Å². The lowest BCUT2D eigenvalue weighted by Crippen LogP contribution is -2.21. The molecule has 2 heteroatoms. The maximum absolute atomic E-state index is 6.29. The first-order valence-electron chi connectivity index (χ1n) is 6.58. The van der Waals surface area contributed by atoms with Gasteiger partial charge in [0.1, 0.15) is 0 Å². The van der Waals surface area contributed by atoms with E-state index in [9.17, 15) is 0 Å². The lowest BCUT2D eigenvalue weighted by atomic mass is 9.91. The highest BCUT2D eigenvalue weighted by atomic mass is 14.7. The molecule has 2 unspecified atom stereocenters. The van der Waals surface area contributed by atoms with Crippen molar-refractivity contribution in [3.63, 3.8) is 0 Å². The fourth-order valence-electron chi connectivity index (χ4n) is 2.36. The Morgan fingerprint density at radius 1 is 1.06 bits per heavy atom. The number of hydrogen-bond donors (Lipinski definition) is 2. The molecule has 18 heavy (non-hydrogen) atoms. The first-order valence-corrected chi connectivity index (χ1v) is 6.58. The summed E-state index contributed by atoms with van der Waals surface area (Å²) in [6.45, 7) is 4.97. The van der Waals surface area contributed by atoms with Crippen molar-refractivity contribution < 1.29 is 0 Å². The van der Waals surface area contributed by atoms with E-state index in [4.69, 9.17) is 11.5 Å². The Bertz CT molecular complexity index is 534.